The van der Waals surface area contributed by atoms with Crippen molar-refractivity contribution in [2.24, 2.45) is 5.92 Å². The summed E-state index contributed by atoms with van der Waals surface area (Å²) in [6, 6.07) is 0. The summed E-state index contributed by atoms with van der Waals surface area (Å²) in [4.78, 5) is 15.8. The van der Waals surface area contributed by atoms with Gasteiger partial charge in [0.25, 0.3) is 0 Å². The summed E-state index contributed by atoms with van der Waals surface area (Å²) in [5, 5.41) is 68.1. The number of rotatable bonds is 13. The van der Waals surface area contributed by atoms with E-state index in [1.165, 1.54) is 6.92 Å². The second kappa shape index (κ2) is 18.5. The minimum atomic E-state index is -5.33. The van der Waals surface area contributed by atoms with Gasteiger partial charge in [-0.1, -0.05) is 13.8 Å². The molecule has 4 heterocycles. The van der Waals surface area contributed by atoms with E-state index in [9.17, 15) is 48.6 Å². The van der Waals surface area contributed by atoms with Crippen molar-refractivity contribution in [3.8, 4) is 0 Å². The number of hydrogen-bond donors (Lipinski definition) is 6. The molecule has 280 valence electrons. The van der Waals surface area contributed by atoms with Crippen LogP contribution in [-0.2, 0) is 74.9 Å². The van der Waals surface area contributed by atoms with Crippen LogP contribution in [-0.4, -0.2) is 156 Å². The summed E-state index contributed by atoms with van der Waals surface area (Å²) in [6.45, 7) is 4.24. The van der Waals surface area contributed by atoms with E-state index in [-0.39, 0.29) is 6.61 Å². The molecule has 0 aliphatic carbocycles. The summed E-state index contributed by atoms with van der Waals surface area (Å²) in [5.41, 5.74) is 0. The second-order valence-electron chi connectivity index (χ2n) is 11.4. The van der Waals surface area contributed by atoms with Crippen LogP contribution in [0.3, 0.4) is 0 Å². The lowest BCUT2D eigenvalue weighted by Gasteiger charge is -2.47. The fraction of sp³-hybridized carbons (Fsp3) is 0.960. The van der Waals surface area contributed by atoms with Gasteiger partial charge in [0.15, 0.2) is 37.4 Å². The molecule has 4 aliphatic heterocycles. The van der Waals surface area contributed by atoms with Gasteiger partial charge in [0.2, 0.25) is 10.4 Å². The first kappa shape index (κ1) is 41.4. The monoisotopic (exact) mass is 739 g/mol. The minimum Gasteiger partial charge on any atom is -0.726 e. The Morgan fingerprint density at radius 3 is 2.04 bits per heavy atom. The maximum Gasteiger partial charge on any atom is 0.218 e. The van der Waals surface area contributed by atoms with Crippen LogP contribution in [0.5, 0.6) is 0 Å². The zero-order chi connectivity index (χ0) is 35.9. The molecule has 17 atom stereocenters. The van der Waals surface area contributed by atoms with Crippen LogP contribution in [0.2, 0.25) is 0 Å². The van der Waals surface area contributed by atoms with E-state index in [1.807, 2.05) is 0 Å². The second-order valence-corrected chi connectivity index (χ2v) is 12.4. The summed E-state index contributed by atoms with van der Waals surface area (Å²) >= 11 is 3.33. The minimum absolute atomic E-state index is 0.120. The zero-order valence-corrected chi connectivity index (χ0v) is 27.5. The van der Waals surface area contributed by atoms with Gasteiger partial charge in [0, 0.05) is 18.3 Å². The van der Waals surface area contributed by atoms with E-state index >= 15 is 0 Å². The van der Waals surface area contributed by atoms with Gasteiger partial charge in [0.05, 0.1) is 31.5 Å². The number of aliphatic hydroxyl groups excluding tert-OH is 5. The van der Waals surface area contributed by atoms with Crippen LogP contribution in [0.25, 0.3) is 0 Å². The van der Waals surface area contributed by atoms with E-state index in [1.54, 1.807) is 13.8 Å². The molecule has 17 unspecified atom stereocenters. The van der Waals surface area contributed by atoms with Crippen molar-refractivity contribution < 1.29 is 95.8 Å². The third-order valence-electron chi connectivity index (χ3n) is 8.45. The molecule has 0 amide bonds. The highest BCUT2D eigenvalue weighted by Gasteiger charge is 2.53. The van der Waals surface area contributed by atoms with Crippen molar-refractivity contribution in [1.29, 1.82) is 4.78 Å². The lowest BCUT2D eigenvalue weighted by Crippen LogP contribution is -2.64. The van der Waals surface area contributed by atoms with Crippen molar-refractivity contribution in [1.82, 2.24) is 0 Å². The third kappa shape index (κ3) is 9.64. The summed E-state index contributed by atoms with van der Waals surface area (Å²) in [5.74, 6) is -0.610. The van der Waals surface area contributed by atoms with Crippen LogP contribution in [0.4, 0.5) is 0 Å². The van der Waals surface area contributed by atoms with Crippen LogP contribution in [0, 0.1) is 10.7 Å². The molecular formula is C25H41NO20S2-2. The topological polar surface area (TPSA) is 315 Å². The Hall–Kier alpha value is -1.04. The largest absolute Gasteiger partial charge is 0.726 e. The Labute approximate surface area is 280 Å². The molecular weight excluding hydrogens is 698 g/mol. The molecule has 6 N–H and O–H groups in total. The Kier molecular flexibility index (Phi) is 15.9. The molecule has 48 heavy (non-hydrogen) atoms. The van der Waals surface area contributed by atoms with Crippen molar-refractivity contribution in [2.45, 2.75) is 132 Å². The summed E-state index contributed by atoms with van der Waals surface area (Å²) < 4.78 is 83.1. The van der Waals surface area contributed by atoms with Gasteiger partial charge in [0.1, 0.15) is 48.8 Å². The summed E-state index contributed by atoms with van der Waals surface area (Å²) in [7, 11) is -5.33. The first-order chi connectivity index (χ1) is 22.7. The number of carbonyl (C=O) groups excluding carboxylic acids is 1. The molecule has 0 aromatic heterocycles. The molecule has 4 saturated heterocycles. The normalized spacial score (nSPS) is 45.2. The zero-order valence-electron chi connectivity index (χ0n) is 25.9. The van der Waals surface area contributed by atoms with Gasteiger partial charge in [-0.05, 0) is 19.8 Å². The Morgan fingerprint density at radius 1 is 0.812 bits per heavy atom. The molecule has 0 saturated carbocycles. The van der Waals surface area contributed by atoms with Crippen LogP contribution in [0.15, 0.2) is 0 Å². The molecule has 0 aromatic carbocycles. The van der Waals surface area contributed by atoms with Gasteiger partial charge < -0.3 is 73.3 Å². The van der Waals surface area contributed by atoms with Gasteiger partial charge in [-0.15, -0.1) is 0 Å². The Balaban J connectivity index is 0.00000307. The van der Waals surface area contributed by atoms with E-state index in [0.717, 1.165) is 0 Å². The number of aldehydes is 1. The number of hydrogen-bond acceptors (Lipinski definition) is 22. The average Bonchev–Trinajstić information content (AvgIpc) is 3.36. The molecule has 0 radical (unpaired) electrons. The van der Waals surface area contributed by atoms with Crippen LogP contribution in [0.1, 0.15) is 33.6 Å². The highest BCUT2D eigenvalue weighted by atomic mass is 32.3. The highest BCUT2D eigenvalue weighted by molar-refractivity contribution is 7.80. The number of aliphatic hydroxyl groups is 5. The van der Waals surface area contributed by atoms with Gasteiger partial charge >= 0.3 is 0 Å². The van der Waals surface area contributed by atoms with Gasteiger partial charge in [-0.2, -0.15) is 0 Å². The molecule has 0 spiro atoms. The van der Waals surface area contributed by atoms with Crippen LogP contribution < -0.4 is 5.26 Å². The third-order valence-corrected chi connectivity index (χ3v) is 8.91. The van der Waals surface area contributed by atoms with E-state index in [4.69, 9.17) is 37.9 Å². The highest BCUT2D eigenvalue weighted by Crippen LogP contribution is 2.34. The van der Waals surface area contributed by atoms with E-state index in [2.05, 4.69) is 26.5 Å². The molecule has 0 aromatic rings. The Morgan fingerprint density at radius 2 is 1.46 bits per heavy atom. The number of carbonyl (C=O) groups is 1. The standard InChI is InChI=1S/C25H42O20S.HNS/c1-4-10-7-36-24(22(14(10)27)44-46(33,34)35)41-19-9(3)38-25(21(18(19)31)43-45-32)40-13-8-37-23(17(30)15(13)28)42-20-11(5-2)39-12(6-26)16(20)29;1-2/h6,9-25,27-32H,4-5,7-8H2,1-3H3,(H,33,34,35);1H/p-2. The van der Waals surface area contributed by atoms with Crippen molar-refractivity contribution in [3.05, 3.63) is 0 Å². The predicted octanol–water partition coefficient (Wildman–Crippen LogP) is -4.46. The quantitative estimate of drug-likeness (QED) is 0.0341. The Bertz CT molecular complexity index is 1110. The predicted molar refractivity (Wildman–Crippen MR) is 148 cm³/mol. The molecule has 23 heteroatoms. The van der Waals surface area contributed by atoms with Crippen molar-refractivity contribution >= 4 is 29.1 Å². The summed E-state index contributed by atoms with van der Waals surface area (Å²) in [6.07, 6.45) is -22.4. The number of nitrogens with one attached hydrogen (secondary N) is 1. The lowest BCUT2D eigenvalue weighted by molar-refractivity contribution is -0.809. The molecule has 21 nitrogen and oxygen atoms in total. The van der Waals surface area contributed by atoms with Crippen molar-refractivity contribution in [2.75, 3.05) is 13.2 Å². The molecule has 4 fully saturated rings. The lowest BCUT2D eigenvalue weighted by atomic mass is 9.93. The van der Waals surface area contributed by atoms with Gasteiger partial charge in [-0.3, -0.25) is 9.22 Å². The fourth-order valence-electron chi connectivity index (χ4n) is 5.86. The molecule has 0 bridgehead atoms. The van der Waals surface area contributed by atoms with Gasteiger partial charge in [-0.25, -0.2) is 18.1 Å². The average molecular weight is 740 g/mol. The van der Waals surface area contributed by atoms with Crippen molar-refractivity contribution in [3.63, 3.8) is 0 Å². The maximum atomic E-state index is 11.4. The molecule has 4 aliphatic rings. The smallest absolute Gasteiger partial charge is 0.218 e. The number of ether oxygens (including phenoxy) is 7. The molecule has 4 rings (SSSR count). The van der Waals surface area contributed by atoms with E-state index in [0.29, 0.717) is 19.1 Å². The van der Waals surface area contributed by atoms with E-state index < -0.39 is 121 Å². The first-order valence-corrected chi connectivity index (χ1v) is 16.6. The SMILES string of the molecule is CCC1COC(OC2C(C)OC(OC3COC(OC4C(CC)OC(C=O)C4O)C(O)C3O)C(OO[O-])C2O)C(OS(=O)(=O)[O-])C1O.N=S. The fourth-order valence-corrected chi connectivity index (χ4v) is 6.34. The first-order valence-electron chi connectivity index (χ1n) is 14.9. The maximum absolute atomic E-state index is 11.4. The van der Waals surface area contributed by atoms with Crippen LogP contribution >= 0.6 is 0 Å².